The smallest absolute Gasteiger partial charge is 0.324 e. The molecule has 6 nitrogen and oxygen atoms in total. The molecule has 0 radical (unpaired) electrons. The van der Waals surface area contributed by atoms with Crippen LogP contribution >= 0.6 is 0 Å². The van der Waals surface area contributed by atoms with E-state index in [0.717, 1.165) is 5.56 Å². The van der Waals surface area contributed by atoms with Crippen LogP contribution in [0.5, 0.6) is 0 Å². The number of nitrogens with two attached hydrogens (primary N) is 1. The van der Waals surface area contributed by atoms with E-state index in [0.29, 0.717) is 11.5 Å². The van der Waals surface area contributed by atoms with Crippen molar-refractivity contribution in [1.29, 1.82) is 0 Å². The lowest BCUT2D eigenvalue weighted by atomic mass is 10.2. The molecule has 1 aliphatic heterocycles. The third-order valence-electron chi connectivity index (χ3n) is 2.90. The van der Waals surface area contributed by atoms with Gasteiger partial charge in [0, 0.05) is 0 Å². The zero-order valence-corrected chi connectivity index (χ0v) is 10.1. The minimum Gasteiger partial charge on any atom is -0.383 e. The molecule has 1 saturated heterocycles. The maximum atomic E-state index is 12.7. The number of aromatic nitrogens is 3. The lowest BCUT2D eigenvalue weighted by Crippen LogP contribution is -2.56. The predicted octanol–water partition coefficient (Wildman–Crippen LogP) is 1.48. The molecule has 2 N–H and O–H groups in total. The number of hydrogen-bond acceptors (Lipinski definition) is 6. The van der Waals surface area contributed by atoms with E-state index in [1.165, 1.54) is 4.90 Å². The summed E-state index contributed by atoms with van der Waals surface area (Å²) in [4.78, 5) is 9.46. The molecular weight excluding hydrogens is 256 g/mol. The third kappa shape index (κ3) is 2.09. The van der Waals surface area contributed by atoms with Crippen LogP contribution in [0.3, 0.4) is 0 Å². The maximum absolute atomic E-state index is 12.7. The van der Waals surface area contributed by atoms with Gasteiger partial charge in [-0.1, -0.05) is 11.2 Å². The highest BCUT2D eigenvalue weighted by atomic mass is 19.3. The van der Waals surface area contributed by atoms with E-state index in [1.807, 2.05) is 6.92 Å². The molecule has 0 atom stereocenters. The predicted molar refractivity (Wildman–Crippen MR) is 63.8 cm³/mol. The number of aryl methyl sites for hydroxylation is 1. The SMILES string of the molecule is Cc1ccc(-c2noc(N3CC(F)(F)C3)n2)nc1N. The van der Waals surface area contributed by atoms with Crippen LogP contribution in [0.4, 0.5) is 20.6 Å². The van der Waals surface area contributed by atoms with Crippen molar-refractivity contribution in [1.82, 2.24) is 15.1 Å². The molecule has 3 heterocycles. The number of nitrogen functional groups attached to an aromatic ring is 1. The number of anilines is 2. The molecule has 19 heavy (non-hydrogen) atoms. The number of nitrogens with zero attached hydrogens (tertiary/aromatic N) is 4. The third-order valence-corrected chi connectivity index (χ3v) is 2.90. The van der Waals surface area contributed by atoms with Gasteiger partial charge in [-0.2, -0.15) is 4.98 Å². The van der Waals surface area contributed by atoms with Crippen molar-refractivity contribution in [3.63, 3.8) is 0 Å². The number of halogens is 2. The van der Waals surface area contributed by atoms with Crippen molar-refractivity contribution in [2.75, 3.05) is 23.7 Å². The van der Waals surface area contributed by atoms with E-state index in [1.54, 1.807) is 12.1 Å². The topological polar surface area (TPSA) is 81.1 Å². The molecule has 1 fully saturated rings. The summed E-state index contributed by atoms with van der Waals surface area (Å²) in [6.45, 7) is 1.02. The van der Waals surface area contributed by atoms with Crippen molar-refractivity contribution in [3.8, 4) is 11.5 Å². The van der Waals surface area contributed by atoms with Crippen molar-refractivity contribution < 1.29 is 13.3 Å². The highest BCUT2D eigenvalue weighted by molar-refractivity contribution is 5.55. The molecule has 8 heteroatoms. The van der Waals surface area contributed by atoms with Gasteiger partial charge in [0.1, 0.15) is 11.5 Å². The van der Waals surface area contributed by atoms with Crippen LogP contribution < -0.4 is 10.6 Å². The van der Waals surface area contributed by atoms with Gasteiger partial charge >= 0.3 is 6.01 Å². The van der Waals surface area contributed by atoms with E-state index in [-0.39, 0.29) is 11.8 Å². The molecule has 0 unspecified atom stereocenters. The Hall–Kier alpha value is -2.25. The summed E-state index contributed by atoms with van der Waals surface area (Å²) in [5.74, 6) is -2.07. The Balaban J connectivity index is 1.83. The fourth-order valence-electron chi connectivity index (χ4n) is 1.76. The van der Waals surface area contributed by atoms with Crippen LogP contribution in [0.1, 0.15) is 5.56 Å². The molecule has 0 aromatic carbocycles. The van der Waals surface area contributed by atoms with Crippen LogP contribution in [-0.2, 0) is 0 Å². The summed E-state index contributed by atoms with van der Waals surface area (Å²) in [6.07, 6.45) is 0. The van der Waals surface area contributed by atoms with Gasteiger partial charge in [0.05, 0.1) is 13.1 Å². The van der Waals surface area contributed by atoms with Crippen molar-refractivity contribution >= 4 is 11.8 Å². The Labute approximate surface area is 107 Å². The van der Waals surface area contributed by atoms with Gasteiger partial charge in [0.25, 0.3) is 5.92 Å². The molecule has 2 aromatic rings. The molecule has 0 saturated carbocycles. The van der Waals surface area contributed by atoms with Gasteiger partial charge < -0.3 is 15.2 Å². The molecule has 0 bridgehead atoms. The molecule has 2 aromatic heterocycles. The first-order valence-corrected chi connectivity index (χ1v) is 5.65. The van der Waals surface area contributed by atoms with Crippen LogP contribution in [0.15, 0.2) is 16.7 Å². The highest BCUT2D eigenvalue weighted by Gasteiger charge is 2.46. The minimum atomic E-state index is -2.68. The zero-order chi connectivity index (χ0) is 13.6. The zero-order valence-electron chi connectivity index (χ0n) is 10.1. The van der Waals surface area contributed by atoms with Crippen LogP contribution in [0.2, 0.25) is 0 Å². The van der Waals surface area contributed by atoms with Gasteiger partial charge in [-0.15, -0.1) is 0 Å². The number of pyridine rings is 1. The summed E-state index contributed by atoms with van der Waals surface area (Å²) >= 11 is 0. The quantitative estimate of drug-likeness (QED) is 0.887. The molecule has 0 spiro atoms. The number of hydrogen-bond donors (Lipinski definition) is 1. The molecule has 0 amide bonds. The number of rotatable bonds is 2. The first-order valence-electron chi connectivity index (χ1n) is 5.65. The van der Waals surface area contributed by atoms with E-state index in [2.05, 4.69) is 15.1 Å². The Kier molecular flexibility index (Phi) is 2.41. The molecule has 3 rings (SSSR count). The first-order chi connectivity index (χ1) is 8.94. The van der Waals surface area contributed by atoms with E-state index >= 15 is 0 Å². The van der Waals surface area contributed by atoms with E-state index in [4.69, 9.17) is 10.3 Å². The lowest BCUT2D eigenvalue weighted by molar-refractivity contribution is -0.0293. The Morgan fingerprint density at radius 3 is 2.68 bits per heavy atom. The van der Waals surface area contributed by atoms with E-state index < -0.39 is 19.0 Å². The molecule has 0 aliphatic carbocycles. The van der Waals surface area contributed by atoms with Crippen molar-refractivity contribution in [2.45, 2.75) is 12.8 Å². The van der Waals surface area contributed by atoms with Crippen molar-refractivity contribution in [2.24, 2.45) is 0 Å². The minimum absolute atomic E-state index is 0.0712. The van der Waals surface area contributed by atoms with Gasteiger partial charge in [0.15, 0.2) is 0 Å². The number of alkyl halides is 2. The summed E-state index contributed by atoms with van der Waals surface area (Å²) in [6, 6.07) is 3.55. The fraction of sp³-hybridized carbons (Fsp3) is 0.364. The van der Waals surface area contributed by atoms with Gasteiger partial charge in [0.2, 0.25) is 5.82 Å². The average molecular weight is 267 g/mol. The maximum Gasteiger partial charge on any atom is 0.324 e. The van der Waals surface area contributed by atoms with Gasteiger partial charge in [-0.25, -0.2) is 13.8 Å². The standard InChI is InChI=1S/C11H11F2N5O/c1-6-2-3-7(15-8(6)14)9-16-10(19-17-9)18-4-11(12,13)5-18/h2-3H,4-5H2,1H3,(H2,14,15). The fourth-order valence-corrected chi connectivity index (χ4v) is 1.76. The average Bonchev–Trinajstić information content (AvgIpc) is 2.78. The molecule has 1 aliphatic rings. The summed E-state index contributed by atoms with van der Waals surface area (Å²) < 4.78 is 30.4. The highest BCUT2D eigenvalue weighted by Crippen LogP contribution is 2.31. The second-order valence-corrected chi connectivity index (χ2v) is 4.51. The first kappa shape index (κ1) is 11.8. The van der Waals surface area contributed by atoms with Crippen LogP contribution in [0.25, 0.3) is 11.5 Å². The van der Waals surface area contributed by atoms with Gasteiger partial charge in [-0.05, 0) is 18.6 Å². The molecule has 100 valence electrons. The normalized spacial score (nSPS) is 17.3. The Morgan fingerprint density at radius 1 is 1.32 bits per heavy atom. The summed E-state index contributed by atoms with van der Waals surface area (Å²) in [7, 11) is 0. The Morgan fingerprint density at radius 2 is 2.05 bits per heavy atom. The van der Waals surface area contributed by atoms with Gasteiger partial charge in [-0.3, -0.25) is 0 Å². The Bertz CT molecular complexity index is 619. The summed E-state index contributed by atoms with van der Waals surface area (Å²) in [5, 5.41) is 3.72. The molecular formula is C11H11F2N5O. The van der Waals surface area contributed by atoms with Crippen LogP contribution in [0, 0.1) is 6.92 Å². The van der Waals surface area contributed by atoms with E-state index in [9.17, 15) is 8.78 Å². The second-order valence-electron chi connectivity index (χ2n) is 4.51. The monoisotopic (exact) mass is 267 g/mol. The van der Waals surface area contributed by atoms with Crippen LogP contribution in [-0.4, -0.2) is 34.1 Å². The largest absolute Gasteiger partial charge is 0.383 e. The lowest BCUT2D eigenvalue weighted by Gasteiger charge is -2.36. The second kappa shape index (κ2) is 3.87. The van der Waals surface area contributed by atoms with Crippen molar-refractivity contribution in [3.05, 3.63) is 17.7 Å². The summed E-state index contributed by atoms with van der Waals surface area (Å²) in [5.41, 5.74) is 6.98.